The number of carbonyl (C=O) groups is 2. The Hall–Kier alpha value is -5.68. The SMILES string of the molecule is CCOC(CCCNC(COc1c(OC)cccc1OC)OC(=O)C(=O)OC(COc1c(OC)cccc1OC)NCCCC(OCC)c1ccc(F)cc1)c1ccc(F)cc1. The average molecular weight is 869 g/mol. The molecule has 0 saturated heterocycles. The van der Waals surface area contributed by atoms with Crippen molar-refractivity contribution in [1.82, 2.24) is 10.6 Å². The zero-order valence-electron chi connectivity index (χ0n) is 36.1. The maximum absolute atomic E-state index is 13.6. The molecule has 4 aromatic rings. The van der Waals surface area contributed by atoms with E-state index in [-0.39, 0.29) is 48.6 Å². The fraction of sp³-hybridized carbons (Fsp3) is 0.435. The molecule has 4 atom stereocenters. The monoisotopic (exact) mass is 868 g/mol. The van der Waals surface area contributed by atoms with E-state index in [2.05, 4.69) is 10.6 Å². The first-order chi connectivity index (χ1) is 30.1. The summed E-state index contributed by atoms with van der Waals surface area (Å²) in [6, 6.07) is 22.4. The second-order valence-electron chi connectivity index (χ2n) is 13.6. The Morgan fingerprint density at radius 3 is 1.18 bits per heavy atom. The van der Waals surface area contributed by atoms with E-state index in [4.69, 9.17) is 47.4 Å². The second-order valence-corrected chi connectivity index (χ2v) is 13.6. The number of esters is 2. The van der Waals surface area contributed by atoms with Crippen molar-refractivity contribution < 1.29 is 65.7 Å². The summed E-state index contributed by atoms with van der Waals surface area (Å²) in [7, 11) is 5.91. The topological polar surface area (TPSA) is 150 Å². The van der Waals surface area contributed by atoms with Crippen LogP contribution in [0.15, 0.2) is 84.9 Å². The molecule has 0 radical (unpaired) electrons. The van der Waals surface area contributed by atoms with E-state index in [9.17, 15) is 18.4 Å². The van der Waals surface area contributed by atoms with Gasteiger partial charge >= 0.3 is 11.9 Å². The molecular formula is C46H58F2N2O12. The van der Waals surface area contributed by atoms with Gasteiger partial charge in [-0.2, -0.15) is 0 Å². The van der Waals surface area contributed by atoms with Crippen molar-refractivity contribution in [3.05, 3.63) is 108 Å². The molecule has 0 amide bonds. The smallest absolute Gasteiger partial charge is 0.419 e. The zero-order valence-corrected chi connectivity index (χ0v) is 36.1. The Balaban J connectivity index is 1.47. The molecule has 0 aliphatic carbocycles. The van der Waals surface area contributed by atoms with Crippen LogP contribution in [0.3, 0.4) is 0 Å². The van der Waals surface area contributed by atoms with E-state index in [1.807, 2.05) is 13.8 Å². The largest absolute Gasteiger partial charge is 0.493 e. The summed E-state index contributed by atoms with van der Waals surface area (Å²) in [6.45, 7) is 4.76. The predicted octanol–water partition coefficient (Wildman–Crippen LogP) is 7.49. The van der Waals surface area contributed by atoms with Crippen molar-refractivity contribution >= 4 is 11.9 Å². The molecule has 0 spiro atoms. The van der Waals surface area contributed by atoms with Gasteiger partial charge in [0.25, 0.3) is 0 Å². The van der Waals surface area contributed by atoms with Crippen LogP contribution in [0.25, 0.3) is 0 Å². The molecule has 62 heavy (non-hydrogen) atoms. The van der Waals surface area contributed by atoms with Crippen LogP contribution in [0.4, 0.5) is 8.78 Å². The highest BCUT2D eigenvalue weighted by atomic mass is 19.1. The fourth-order valence-corrected chi connectivity index (χ4v) is 6.41. The lowest BCUT2D eigenvalue weighted by Gasteiger charge is -2.24. The minimum atomic E-state index is -1.30. The number of carbonyl (C=O) groups excluding carboxylic acids is 2. The number of methoxy groups -OCH3 is 4. The number of ether oxygens (including phenoxy) is 10. The van der Waals surface area contributed by atoms with Gasteiger partial charge in [0, 0.05) is 13.2 Å². The standard InChI is InChI=1S/C46H58F2N2O12/c1-7-57-35(31-19-23-33(47)24-20-31)17-11-27-49-41(29-59-43-37(53-3)13-9-14-38(43)54-4)61-45(51)46(52)62-42(30-60-44-39(55-5)15-10-16-40(44)56-6)50-28-12-18-36(58-8-2)32-21-25-34(48)26-22-32/h9-10,13-16,19-26,35-36,41-42,49-50H,7-8,11-12,17-18,27-30H2,1-6H3. The molecule has 14 nitrogen and oxygen atoms in total. The summed E-state index contributed by atoms with van der Waals surface area (Å²) in [4.78, 5) is 27.0. The van der Waals surface area contributed by atoms with Gasteiger partial charge in [-0.3, -0.25) is 10.6 Å². The van der Waals surface area contributed by atoms with Crippen LogP contribution in [0.5, 0.6) is 34.5 Å². The van der Waals surface area contributed by atoms with Crippen molar-refractivity contribution in [3.8, 4) is 34.5 Å². The van der Waals surface area contributed by atoms with E-state index in [0.29, 0.717) is 75.0 Å². The van der Waals surface area contributed by atoms with Gasteiger partial charge in [0.1, 0.15) is 24.8 Å². The minimum absolute atomic E-state index is 0.254. The molecule has 16 heteroatoms. The van der Waals surface area contributed by atoms with Crippen molar-refractivity contribution in [2.24, 2.45) is 0 Å². The van der Waals surface area contributed by atoms with Gasteiger partial charge in [-0.15, -0.1) is 0 Å². The van der Waals surface area contributed by atoms with Crippen LogP contribution < -0.4 is 39.1 Å². The van der Waals surface area contributed by atoms with Gasteiger partial charge in [-0.25, -0.2) is 18.4 Å². The molecule has 0 aromatic heterocycles. The number of halogens is 2. The molecule has 0 saturated carbocycles. The Morgan fingerprint density at radius 2 is 0.871 bits per heavy atom. The summed E-state index contributed by atoms with van der Waals surface area (Å²) in [6.07, 6.45) is -0.719. The first-order valence-electron chi connectivity index (χ1n) is 20.4. The van der Waals surface area contributed by atoms with Crippen LogP contribution in [-0.2, 0) is 28.5 Å². The number of benzene rings is 4. The summed E-state index contributed by atoms with van der Waals surface area (Å²) in [5.41, 5.74) is 1.65. The van der Waals surface area contributed by atoms with Crippen molar-refractivity contribution in [2.45, 2.75) is 64.2 Å². The molecule has 0 heterocycles. The normalized spacial score (nSPS) is 13.0. The van der Waals surface area contributed by atoms with Gasteiger partial charge in [0.05, 0.1) is 40.6 Å². The van der Waals surface area contributed by atoms with Gasteiger partial charge in [-0.05, 0) is 112 Å². The molecule has 0 bridgehead atoms. The van der Waals surface area contributed by atoms with E-state index in [1.165, 1.54) is 52.7 Å². The first-order valence-corrected chi connectivity index (χ1v) is 20.4. The third kappa shape index (κ3) is 15.3. The molecule has 0 aliphatic heterocycles. The summed E-state index contributed by atoms with van der Waals surface area (Å²) in [5.74, 6) is -1.28. The highest BCUT2D eigenvalue weighted by molar-refractivity contribution is 6.29. The Labute approximate surface area is 362 Å². The average Bonchev–Trinajstić information content (AvgIpc) is 3.29. The minimum Gasteiger partial charge on any atom is -0.493 e. The molecule has 4 rings (SSSR count). The van der Waals surface area contributed by atoms with E-state index in [0.717, 1.165) is 11.1 Å². The van der Waals surface area contributed by atoms with Crippen LogP contribution >= 0.6 is 0 Å². The Morgan fingerprint density at radius 1 is 0.532 bits per heavy atom. The fourth-order valence-electron chi connectivity index (χ4n) is 6.41. The van der Waals surface area contributed by atoms with Gasteiger partial charge in [-0.1, -0.05) is 36.4 Å². The molecule has 4 aromatic carbocycles. The molecule has 338 valence electrons. The van der Waals surface area contributed by atoms with E-state index in [1.54, 1.807) is 60.7 Å². The molecular weight excluding hydrogens is 811 g/mol. The number of nitrogens with one attached hydrogen (secondary N) is 2. The van der Waals surface area contributed by atoms with Gasteiger partial charge in [0.2, 0.25) is 11.5 Å². The maximum atomic E-state index is 13.6. The van der Waals surface area contributed by atoms with Crippen molar-refractivity contribution in [1.29, 1.82) is 0 Å². The second kappa shape index (κ2) is 26.6. The van der Waals surface area contributed by atoms with E-state index < -0.39 is 24.4 Å². The van der Waals surface area contributed by atoms with Crippen LogP contribution in [-0.4, -0.2) is 92.4 Å². The Kier molecular flexibility index (Phi) is 21.0. The number of rotatable bonds is 28. The number of para-hydroxylation sites is 2. The maximum Gasteiger partial charge on any atom is 0.419 e. The number of hydrogen-bond acceptors (Lipinski definition) is 14. The van der Waals surface area contributed by atoms with Crippen molar-refractivity contribution in [3.63, 3.8) is 0 Å². The van der Waals surface area contributed by atoms with Gasteiger partial charge in [0.15, 0.2) is 35.5 Å². The summed E-state index contributed by atoms with van der Waals surface area (Å²) >= 11 is 0. The summed E-state index contributed by atoms with van der Waals surface area (Å²) in [5, 5.41) is 6.28. The van der Waals surface area contributed by atoms with E-state index >= 15 is 0 Å². The lowest BCUT2D eigenvalue weighted by Crippen LogP contribution is -2.44. The quantitative estimate of drug-likeness (QED) is 0.0251. The van der Waals surface area contributed by atoms with Crippen LogP contribution in [0.1, 0.15) is 62.9 Å². The highest BCUT2D eigenvalue weighted by Crippen LogP contribution is 2.38. The summed E-state index contributed by atoms with van der Waals surface area (Å²) < 4.78 is 84.3. The van der Waals surface area contributed by atoms with Crippen LogP contribution in [0.2, 0.25) is 0 Å². The molecule has 0 fully saturated rings. The molecule has 0 aliphatic rings. The highest BCUT2D eigenvalue weighted by Gasteiger charge is 2.28. The predicted molar refractivity (Wildman–Crippen MR) is 226 cm³/mol. The lowest BCUT2D eigenvalue weighted by atomic mass is 10.0. The Bertz CT molecular complexity index is 1750. The first kappa shape index (κ1) is 49.0. The van der Waals surface area contributed by atoms with Crippen LogP contribution in [0, 0.1) is 11.6 Å². The molecule has 4 unspecified atom stereocenters. The molecule has 2 N–H and O–H groups in total. The number of hydrogen-bond donors (Lipinski definition) is 2. The third-order valence-electron chi connectivity index (χ3n) is 9.44. The van der Waals surface area contributed by atoms with Gasteiger partial charge < -0.3 is 47.4 Å². The third-order valence-corrected chi connectivity index (χ3v) is 9.44. The zero-order chi connectivity index (χ0) is 44.7. The lowest BCUT2D eigenvalue weighted by molar-refractivity contribution is -0.177. The van der Waals surface area contributed by atoms with Crippen molar-refractivity contribution in [2.75, 3.05) is 68.0 Å².